The van der Waals surface area contributed by atoms with E-state index in [1.54, 1.807) is 14.2 Å². The van der Waals surface area contributed by atoms with E-state index in [0.717, 1.165) is 18.7 Å². The molecule has 100 valence electrons. The quantitative estimate of drug-likeness (QED) is 0.631. The van der Waals surface area contributed by atoms with Crippen LogP contribution in [0.3, 0.4) is 0 Å². The molecule has 1 amide bonds. The molecule has 0 spiro atoms. The molecule has 2 aliphatic rings. The minimum atomic E-state index is -0.331. The number of allylic oxidation sites excluding steroid dienone is 1. The van der Waals surface area contributed by atoms with Gasteiger partial charge < -0.3 is 18.7 Å². The van der Waals surface area contributed by atoms with Crippen molar-refractivity contribution in [2.24, 2.45) is 5.92 Å². The average Bonchev–Trinajstić information content (AvgIpc) is 2.36. The van der Waals surface area contributed by atoms with E-state index in [1.807, 2.05) is 16.2 Å². The maximum atomic E-state index is 12.0. The van der Waals surface area contributed by atoms with Crippen molar-refractivity contribution < 1.29 is 14.3 Å². The smallest absolute Gasteiger partial charge is 0.228 e. The van der Waals surface area contributed by atoms with E-state index in [2.05, 4.69) is 21.5 Å². The lowest BCUT2D eigenvalue weighted by molar-refractivity contribution is -0.136. The van der Waals surface area contributed by atoms with Crippen molar-refractivity contribution in [3.05, 3.63) is 23.5 Å². The second-order valence-electron chi connectivity index (χ2n) is 4.42. The summed E-state index contributed by atoms with van der Waals surface area (Å²) in [7, 11) is 3.17. The van der Waals surface area contributed by atoms with Gasteiger partial charge in [-0.3, -0.25) is 4.79 Å². The highest BCUT2D eigenvalue weighted by Gasteiger charge is 2.30. The second kappa shape index (κ2) is 5.86. The molecule has 1 N–H and O–H groups in total. The number of halogens is 1. The highest BCUT2D eigenvalue weighted by atomic mass is 79.9. The standard InChI is InChI=1S/C12H17BrN2O3/c1-17-11(18-2)6-8-5-9-7-15(13)4-3-10(9)14-12(8)16/h3-4,8,11H,5-7H2,1-2H3,(H,14,16). The Bertz CT molecular complexity index is 391. The zero-order chi connectivity index (χ0) is 13.1. The molecule has 1 unspecified atom stereocenters. The third-order valence-corrected chi connectivity index (χ3v) is 3.74. The summed E-state index contributed by atoms with van der Waals surface area (Å²) in [6.45, 7) is 0.785. The molecule has 5 nitrogen and oxygen atoms in total. The Morgan fingerprint density at radius 3 is 2.94 bits per heavy atom. The van der Waals surface area contributed by atoms with Crippen LogP contribution >= 0.6 is 16.1 Å². The monoisotopic (exact) mass is 316 g/mol. The molecule has 0 fully saturated rings. The molecule has 0 radical (unpaired) electrons. The van der Waals surface area contributed by atoms with Crippen molar-refractivity contribution in [1.29, 1.82) is 0 Å². The van der Waals surface area contributed by atoms with Gasteiger partial charge >= 0.3 is 0 Å². The molecule has 0 bridgehead atoms. The molecule has 2 heterocycles. The van der Waals surface area contributed by atoms with Crippen molar-refractivity contribution in [2.75, 3.05) is 20.8 Å². The molecular formula is C12H17BrN2O3. The molecule has 0 saturated heterocycles. The Kier molecular flexibility index (Phi) is 4.42. The first-order valence-electron chi connectivity index (χ1n) is 5.83. The largest absolute Gasteiger partial charge is 0.356 e. The Hall–Kier alpha value is -0.850. The van der Waals surface area contributed by atoms with E-state index in [0.29, 0.717) is 6.42 Å². The van der Waals surface area contributed by atoms with E-state index in [-0.39, 0.29) is 18.1 Å². The topological polar surface area (TPSA) is 50.8 Å². The summed E-state index contributed by atoms with van der Waals surface area (Å²) in [6.07, 6.45) is 4.79. The van der Waals surface area contributed by atoms with Gasteiger partial charge in [0.05, 0.1) is 6.54 Å². The SMILES string of the molecule is COC(CC1CC2=C(C=CN(Br)C2)NC1=O)OC. The fraction of sp³-hybridized carbons (Fsp3) is 0.583. The molecule has 0 saturated carbocycles. The van der Waals surface area contributed by atoms with Gasteiger partial charge in [0.25, 0.3) is 0 Å². The van der Waals surface area contributed by atoms with E-state index in [9.17, 15) is 4.79 Å². The van der Waals surface area contributed by atoms with Crippen LogP contribution in [0, 0.1) is 5.92 Å². The molecule has 0 aliphatic carbocycles. The molecule has 0 aromatic carbocycles. The lowest BCUT2D eigenvalue weighted by Gasteiger charge is -2.31. The predicted molar refractivity (Wildman–Crippen MR) is 70.5 cm³/mol. The summed E-state index contributed by atoms with van der Waals surface area (Å²) in [5.74, 6) is -0.0541. The first-order chi connectivity index (χ1) is 8.63. The van der Waals surface area contributed by atoms with E-state index >= 15 is 0 Å². The fourth-order valence-corrected chi connectivity index (χ4v) is 2.66. The van der Waals surface area contributed by atoms with Gasteiger partial charge in [0.2, 0.25) is 5.91 Å². The summed E-state index contributed by atoms with van der Waals surface area (Å²) in [6, 6.07) is 0. The Morgan fingerprint density at radius 2 is 2.28 bits per heavy atom. The fourth-order valence-electron chi connectivity index (χ4n) is 2.23. The molecule has 6 heteroatoms. The highest BCUT2D eigenvalue weighted by molar-refractivity contribution is 9.07. The van der Waals surface area contributed by atoms with Crippen LogP contribution in [0.25, 0.3) is 0 Å². The zero-order valence-electron chi connectivity index (χ0n) is 10.5. The summed E-state index contributed by atoms with van der Waals surface area (Å²) in [5.41, 5.74) is 2.16. The molecular weight excluding hydrogens is 300 g/mol. The zero-order valence-corrected chi connectivity index (χ0v) is 12.1. The minimum Gasteiger partial charge on any atom is -0.356 e. The molecule has 1 atom stereocenters. The molecule has 0 aromatic heterocycles. The van der Waals surface area contributed by atoms with Crippen LogP contribution in [0.2, 0.25) is 0 Å². The average molecular weight is 317 g/mol. The van der Waals surface area contributed by atoms with Crippen LogP contribution in [-0.2, 0) is 14.3 Å². The number of hydrogen-bond donors (Lipinski definition) is 1. The lowest BCUT2D eigenvalue weighted by atomic mass is 9.89. The van der Waals surface area contributed by atoms with Crippen LogP contribution in [-0.4, -0.2) is 36.9 Å². The highest BCUT2D eigenvalue weighted by Crippen LogP contribution is 2.29. The number of nitrogens with one attached hydrogen (secondary N) is 1. The maximum Gasteiger partial charge on any atom is 0.228 e. The van der Waals surface area contributed by atoms with Gasteiger partial charge in [-0.1, -0.05) is 0 Å². The number of rotatable bonds is 4. The van der Waals surface area contributed by atoms with Crippen molar-refractivity contribution in [3.8, 4) is 0 Å². The van der Waals surface area contributed by atoms with E-state index in [4.69, 9.17) is 9.47 Å². The predicted octanol–water partition coefficient (Wildman–Crippen LogP) is 1.52. The van der Waals surface area contributed by atoms with Crippen molar-refractivity contribution in [1.82, 2.24) is 9.24 Å². The van der Waals surface area contributed by atoms with Crippen molar-refractivity contribution in [3.63, 3.8) is 0 Å². The number of methoxy groups -OCH3 is 2. The van der Waals surface area contributed by atoms with Crippen LogP contribution in [0.4, 0.5) is 0 Å². The van der Waals surface area contributed by atoms with Gasteiger partial charge in [-0.15, -0.1) is 0 Å². The Morgan fingerprint density at radius 1 is 1.56 bits per heavy atom. The maximum absolute atomic E-state index is 12.0. The molecule has 2 aliphatic heterocycles. The Balaban J connectivity index is 2.05. The van der Waals surface area contributed by atoms with E-state index in [1.165, 1.54) is 5.57 Å². The number of nitrogens with zero attached hydrogens (tertiary/aromatic N) is 1. The van der Waals surface area contributed by atoms with Crippen molar-refractivity contribution in [2.45, 2.75) is 19.1 Å². The van der Waals surface area contributed by atoms with Gasteiger partial charge in [0.1, 0.15) is 0 Å². The Labute approximate surface area is 115 Å². The molecule has 18 heavy (non-hydrogen) atoms. The third-order valence-electron chi connectivity index (χ3n) is 3.25. The van der Waals surface area contributed by atoms with Gasteiger partial charge in [-0.2, -0.15) is 0 Å². The van der Waals surface area contributed by atoms with Crippen LogP contribution < -0.4 is 5.32 Å². The van der Waals surface area contributed by atoms with Gasteiger partial charge in [-0.05, 0) is 18.1 Å². The normalized spacial score (nSPS) is 23.4. The van der Waals surface area contributed by atoms with Crippen LogP contribution in [0.5, 0.6) is 0 Å². The van der Waals surface area contributed by atoms with Gasteiger partial charge in [0, 0.05) is 54.6 Å². The van der Waals surface area contributed by atoms with E-state index < -0.39 is 0 Å². The third kappa shape index (κ3) is 2.93. The lowest BCUT2D eigenvalue weighted by Crippen LogP contribution is -2.39. The van der Waals surface area contributed by atoms with Gasteiger partial charge in [-0.25, -0.2) is 0 Å². The summed E-state index contributed by atoms with van der Waals surface area (Å²) < 4.78 is 12.2. The number of amides is 1. The number of carbonyl (C=O) groups excluding carboxylic acids is 1. The second-order valence-corrected chi connectivity index (χ2v) is 5.33. The summed E-state index contributed by atoms with van der Waals surface area (Å²) in [5, 5.41) is 2.94. The first kappa shape index (κ1) is 13.6. The van der Waals surface area contributed by atoms with Gasteiger partial charge in [0.15, 0.2) is 6.29 Å². The summed E-state index contributed by atoms with van der Waals surface area (Å²) in [4.78, 5) is 12.0. The van der Waals surface area contributed by atoms with Crippen molar-refractivity contribution >= 4 is 22.1 Å². The van der Waals surface area contributed by atoms with Crippen LogP contribution in [0.15, 0.2) is 23.5 Å². The number of carbonyl (C=O) groups is 1. The first-order valence-corrected chi connectivity index (χ1v) is 6.54. The number of hydrogen-bond acceptors (Lipinski definition) is 4. The number of ether oxygens (including phenoxy) is 2. The van der Waals surface area contributed by atoms with Crippen LogP contribution in [0.1, 0.15) is 12.8 Å². The minimum absolute atomic E-state index is 0.0422. The molecule has 2 rings (SSSR count). The molecule has 0 aromatic rings. The summed E-state index contributed by atoms with van der Waals surface area (Å²) >= 11 is 3.41.